The summed E-state index contributed by atoms with van der Waals surface area (Å²) in [5.41, 5.74) is 0.261. The Labute approximate surface area is 158 Å². The maximum atomic E-state index is 12.6. The Bertz CT molecular complexity index is 785. The first-order valence-corrected chi connectivity index (χ1v) is 9.45. The molecule has 0 radical (unpaired) electrons. The molecule has 0 saturated heterocycles. The average Bonchev–Trinajstić information content (AvgIpc) is 2.98. The van der Waals surface area contributed by atoms with Crippen molar-refractivity contribution in [2.24, 2.45) is 5.92 Å². The molecule has 0 aliphatic carbocycles. The number of ether oxygens (including phenoxy) is 2. The van der Waals surface area contributed by atoms with Gasteiger partial charge in [-0.3, -0.25) is 4.79 Å². The number of hydrogen-bond donors (Lipinski definition) is 0. The van der Waals surface area contributed by atoms with Gasteiger partial charge < -0.3 is 9.47 Å². The number of esters is 1. The lowest BCUT2D eigenvalue weighted by molar-refractivity contribution is 0.00619. The van der Waals surface area contributed by atoms with Gasteiger partial charge in [0.25, 0.3) is 0 Å². The summed E-state index contributed by atoms with van der Waals surface area (Å²) in [5, 5.41) is 0.609. The van der Waals surface area contributed by atoms with Gasteiger partial charge in [-0.1, -0.05) is 13.8 Å². The van der Waals surface area contributed by atoms with Crippen molar-refractivity contribution in [2.75, 3.05) is 6.61 Å². The first-order chi connectivity index (χ1) is 12.1. The van der Waals surface area contributed by atoms with Crippen LogP contribution in [0.5, 0.6) is 5.75 Å². The van der Waals surface area contributed by atoms with E-state index in [0.717, 1.165) is 11.3 Å². The van der Waals surface area contributed by atoms with E-state index in [4.69, 9.17) is 9.47 Å². The molecule has 0 aliphatic rings. The molecule has 140 valence electrons. The lowest BCUT2D eigenvalue weighted by atomic mass is 10.1. The number of rotatable bonds is 6. The van der Waals surface area contributed by atoms with E-state index in [0.29, 0.717) is 16.5 Å². The van der Waals surface area contributed by atoms with Gasteiger partial charge in [0.2, 0.25) is 0 Å². The molecule has 0 unspecified atom stereocenters. The van der Waals surface area contributed by atoms with Crippen LogP contribution >= 0.6 is 11.3 Å². The molecule has 26 heavy (non-hydrogen) atoms. The smallest absolute Gasteiger partial charge is 0.359 e. The van der Waals surface area contributed by atoms with Gasteiger partial charge in [-0.05, 0) is 52.0 Å². The molecule has 6 heteroatoms. The van der Waals surface area contributed by atoms with Crippen molar-refractivity contribution in [1.82, 2.24) is 4.98 Å². The Kier molecular flexibility index (Phi) is 6.18. The molecule has 1 heterocycles. The van der Waals surface area contributed by atoms with Gasteiger partial charge in [0.05, 0.1) is 6.61 Å². The molecule has 0 spiro atoms. The molecule has 2 aromatic rings. The van der Waals surface area contributed by atoms with Gasteiger partial charge in [-0.2, -0.15) is 0 Å². The molecule has 1 aromatic carbocycles. The fourth-order valence-corrected chi connectivity index (χ4v) is 3.34. The van der Waals surface area contributed by atoms with Gasteiger partial charge in [-0.15, -0.1) is 11.3 Å². The van der Waals surface area contributed by atoms with E-state index >= 15 is 0 Å². The van der Waals surface area contributed by atoms with E-state index in [-0.39, 0.29) is 17.4 Å². The fourth-order valence-electron chi connectivity index (χ4n) is 2.20. The van der Waals surface area contributed by atoms with Crippen LogP contribution in [0.4, 0.5) is 0 Å². The second-order valence-electron chi connectivity index (χ2n) is 7.17. The molecule has 0 atom stereocenters. The highest BCUT2D eigenvalue weighted by molar-refractivity contribution is 7.17. The third-order valence-corrected chi connectivity index (χ3v) is 4.50. The summed E-state index contributed by atoms with van der Waals surface area (Å²) in [6, 6.07) is 7.42. The summed E-state index contributed by atoms with van der Waals surface area (Å²) in [6.45, 7) is 11.5. The minimum Gasteiger partial charge on any atom is -0.494 e. The van der Waals surface area contributed by atoms with Gasteiger partial charge >= 0.3 is 5.97 Å². The number of hydrogen-bond acceptors (Lipinski definition) is 6. The van der Waals surface area contributed by atoms with Crippen LogP contribution in [0.15, 0.2) is 24.3 Å². The maximum absolute atomic E-state index is 12.6. The third-order valence-electron chi connectivity index (χ3n) is 3.38. The molecule has 0 aliphatic heterocycles. The van der Waals surface area contributed by atoms with Crippen molar-refractivity contribution in [2.45, 2.75) is 47.1 Å². The quantitative estimate of drug-likeness (QED) is 0.525. The largest absolute Gasteiger partial charge is 0.494 e. The highest BCUT2D eigenvalue weighted by Crippen LogP contribution is 2.32. The van der Waals surface area contributed by atoms with Crippen molar-refractivity contribution >= 4 is 23.1 Å². The Balaban J connectivity index is 2.44. The zero-order valence-electron chi connectivity index (χ0n) is 16.1. The van der Waals surface area contributed by atoms with Crippen molar-refractivity contribution in [3.8, 4) is 16.3 Å². The predicted octanol–water partition coefficient (Wildman–Crippen LogP) is 5.00. The van der Waals surface area contributed by atoms with Crippen LogP contribution in [0.2, 0.25) is 0 Å². The van der Waals surface area contributed by atoms with Crippen molar-refractivity contribution in [1.29, 1.82) is 0 Å². The number of ketones is 1. The average molecular weight is 375 g/mol. The number of carbonyl (C=O) groups is 2. The van der Waals surface area contributed by atoms with Gasteiger partial charge in [0.1, 0.15) is 21.2 Å². The van der Waals surface area contributed by atoms with Crippen LogP contribution in [0.25, 0.3) is 10.6 Å². The SMILES string of the molecule is CCOc1ccc(-c2nc(C(=O)OC(C)(C)C)c(C(=O)C(C)C)s2)cc1. The van der Waals surface area contributed by atoms with E-state index in [1.165, 1.54) is 11.3 Å². The monoisotopic (exact) mass is 375 g/mol. The van der Waals surface area contributed by atoms with Crippen LogP contribution in [0.1, 0.15) is 61.7 Å². The molecule has 0 saturated carbocycles. The van der Waals surface area contributed by atoms with E-state index in [9.17, 15) is 9.59 Å². The molecule has 0 fully saturated rings. The molecule has 1 aromatic heterocycles. The van der Waals surface area contributed by atoms with E-state index in [2.05, 4.69) is 4.98 Å². The number of carbonyl (C=O) groups excluding carboxylic acids is 2. The first kappa shape index (κ1) is 20.1. The number of benzene rings is 1. The summed E-state index contributed by atoms with van der Waals surface area (Å²) < 4.78 is 10.9. The topological polar surface area (TPSA) is 65.5 Å². The van der Waals surface area contributed by atoms with Crippen LogP contribution in [-0.4, -0.2) is 28.9 Å². The lowest BCUT2D eigenvalue weighted by Crippen LogP contribution is -2.25. The van der Waals surface area contributed by atoms with Crippen molar-refractivity contribution in [3.05, 3.63) is 34.8 Å². The van der Waals surface area contributed by atoms with Crippen molar-refractivity contribution < 1.29 is 19.1 Å². The fraction of sp³-hybridized carbons (Fsp3) is 0.450. The molecule has 0 amide bonds. The third kappa shape index (κ3) is 4.91. The van der Waals surface area contributed by atoms with E-state index in [1.807, 2.05) is 31.2 Å². The summed E-state index contributed by atoms with van der Waals surface area (Å²) >= 11 is 1.22. The minimum atomic E-state index is -0.655. The summed E-state index contributed by atoms with van der Waals surface area (Å²) in [6.07, 6.45) is 0. The van der Waals surface area contributed by atoms with E-state index in [1.54, 1.807) is 34.6 Å². The Hall–Kier alpha value is -2.21. The summed E-state index contributed by atoms with van der Waals surface area (Å²) in [7, 11) is 0. The number of Topliss-reactive ketones (excluding diaryl/α,β-unsaturated/α-hetero) is 1. The lowest BCUT2D eigenvalue weighted by Gasteiger charge is -2.19. The Morgan fingerprint density at radius 1 is 1.15 bits per heavy atom. The van der Waals surface area contributed by atoms with Crippen LogP contribution in [0, 0.1) is 5.92 Å². The Morgan fingerprint density at radius 3 is 2.27 bits per heavy atom. The van der Waals surface area contributed by atoms with Gasteiger partial charge in [-0.25, -0.2) is 9.78 Å². The predicted molar refractivity (Wildman–Crippen MR) is 103 cm³/mol. The highest BCUT2D eigenvalue weighted by atomic mass is 32.1. The summed E-state index contributed by atoms with van der Waals surface area (Å²) in [4.78, 5) is 29.9. The number of nitrogens with zero attached hydrogens (tertiary/aromatic N) is 1. The first-order valence-electron chi connectivity index (χ1n) is 8.64. The standard InChI is InChI=1S/C20H25NO4S/c1-7-24-14-10-8-13(9-11-14)18-21-15(19(23)25-20(4,5)6)17(26-18)16(22)12(2)3/h8-12H,7H2,1-6H3. The van der Waals surface area contributed by atoms with Crippen LogP contribution in [-0.2, 0) is 4.74 Å². The molecular weight excluding hydrogens is 350 g/mol. The molecule has 0 bridgehead atoms. The zero-order valence-corrected chi connectivity index (χ0v) is 16.9. The van der Waals surface area contributed by atoms with Crippen molar-refractivity contribution in [3.63, 3.8) is 0 Å². The second-order valence-corrected chi connectivity index (χ2v) is 8.17. The minimum absolute atomic E-state index is 0.0903. The number of aromatic nitrogens is 1. The summed E-state index contributed by atoms with van der Waals surface area (Å²) in [5.74, 6) is -0.154. The molecular formula is C20H25NO4S. The van der Waals surface area contributed by atoms with Crippen LogP contribution in [0.3, 0.4) is 0 Å². The second kappa shape index (κ2) is 7.99. The Morgan fingerprint density at radius 2 is 1.77 bits per heavy atom. The van der Waals surface area contributed by atoms with Gasteiger partial charge in [0.15, 0.2) is 11.5 Å². The van der Waals surface area contributed by atoms with Gasteiger partial charge in [0, 0.05) is 11.5 Å². The molecule has 5 nitrogen and oxygen atoms in total. The molecule has 2 rings (SSSR count). The zero-order chi connectivity index (χ0) is 19.5. The van der Waals surface area contributed by atoms with Crippen LogP contribution < -0.4 is 4.74 Å². The maximum Gasteiger partial charge on any atom is 0.359 e. The number of thiazole rings is 1. The van der Waals surface area contributed by atoms with E-state index < -0.39 is 11.6 Å². The normalized spacial score (nSPS) is 11.5. The highest BCUT2D eigenvalue weighted by Gasteiger charge is 2.29. The molecule has 0 N–H and O–H groups in total.